The second kappa shape index (κ2) is 7.38. The van der Waals surface area contributed by atoms with E-state index < -0.39 is 0 Å². The molecular weight excluding hydrogens is 369 g/mol. The molecule has 0 spiro atoms. The predicted molar refractivity (Wildman–Crippen MR) is 108 cm³/mol. The fraction of sp³-hybridized carbons (Fsp3) is 0.286. The van der Waals surface area contributed by atoms with E-state index in [1.165, 1.54) is 12.1 Å². The van der Waals surface area contributed by atoms with Crippen LogP contribution in [0, 0.1) is 5.82 Å². The summed E-state index contributed by atoms with van der Waals surface area (Å²) < 4.78 is 13.5. The van der Waals surface area contributed by atoms with Crippen molar-refractivity contribution in [3.63, 3.8) is 0 Å². The van der Waals surface area contributed by atoms with Crippen LogP contribution in [0.15, 0.2) is 71.9 Å². The summed E-state index contributed by atoms with van der Waals surface area (Å²) in [6.07, 6.45) is 9.53. The van der Waals surface area contributed by atoms with Crippen LogP contribution in [0.1, 0.15) is 24.1 Å². The van der Waals surface area contributed by atoms with Gasteiger partial charge in [-0.05, 0) is 42.8 Å². The summed E-state index contributed by atoms with van der Waals surface area (Å²) in [6.45, 7) is 4.89. The molecule has 0 aliphatic carbocycles. The highest BCUT2D eigenvalue weighted by Gasteiger charge is 2.40. The number of rotatable bonds is 3. The van der Waals surface area contributed by atoms with Gasteiger partial charge in [0.25, 0.3) is 0 Å². The Morgan fingerprint density at radius 2 is 2.00 bits per heavy atom. The Morgan fingerprint density at radius 3 is 2.76 bits per heavy atom. The Morgan fingerprint density at radius 1 is 1.14 bits per heavy atom. The van der Waals surface area contributed by atoms with Gasteiger partial charge in [0.05, 0.1) is 11.9 Å². The molecular formula is C21H22FN7. The first-order valence-corrected chi connectivity index (χ1v) is 9.77. The van der Waals surface area contributed by atoms with Crippen molar-refractivity contribution in [3.8, 4) is 0 Å². The van der Waals surface area contributed by atoms with E-state index >= 15 is 0 Å². The standard InChI is InChI=1S/C21H22FN7/c1-15-14-27(12-10-23-15)28-11-2-3-19-26-20(16-4-6-18(22)7-5-16)21(29(19)28)17-8-9-24-25-13-17/h2-9,11,13,15,21,23H,10,12,14H2,1H3/t15-,21?/m1/s1. The highest BCUT2D eigenvalue weighted by Crippen LogP contribution is 2.39. The van der Waals surface area contributed by atoms with Crippen molar-refractivity contribution in [3.05, 3.63) is 83.8 Å². The molecule has 5 rings (SSSR count). The van der Waals surface area contributed by atoms with Crippen LogP contribution in [0.25, 0.3) is 0 Å². The van der Waals surface area contributed by atoms with Crippen LogP contribution >= 0.6 is 0 Å². The van der Waals surface area contributed by atoms with Crippen LogP contribution in [0.4, 0.5) is 4.39 Å². The molecule has 1 saturated heterocycles. The van der Waals surface area contributed by atoms with Crippen LogP contribution in [-0.2, 0) is 0 Å². The molecule has 0 saturated carbocycles. The molecule has 1 fully saturated rings. The number of fused-ring (bicyclic) bond motifs is 1. The minimum atomic E-state index is -0.260. The summed E-state index contributed by atoms with van der Waals surface area (Å²) in [5, 5.41) is 18.1. The van der Waals surface area contributed by atoms with Crippen LogP contribution in [0.3, 0.4) is 0 Å². The van der Waals surface area contributed by atoms with Crippen molar-refractivity contribution < 1.29 is 4.39 Å². The van der Waals surface area contributed by atoms with Crippen LogP contribution in [0.5, 0.6) is 0 Å². The van der Waals surface area contributed by atoms with Crippen molar-refractivity contribution in [2.45, 2.75) is 19.0 Å². The second-order valence-electron chi connectivity index (χ2n) is 7.38. The van der Waals surface area contributed by atoms with Crippen molar-refractivity contribution in [2.75, 3.05) is 19.6 Å². The van der Waals surface area contributed by atoms with Gasteiger partial charge in [0.15, 0.2) is 0 Å². The number of allylic oxidation sites excluding steroid dienone is 2. The first-order chi connectivity index (χ1) is 14.2. The maximum atomic E-state index is 13.5. The molecule has 3 aliphatic rings. The summed E-state index contributed by atoms with van der Waals surface area (Å²) in [4.78, 5) is 4.93. The van der Waals surface area contributed by atoms with Gasteiger partial charge < -0.3 is 5.32 Å². The molecule has 3 aliphatic heterocycles. The maximum absolute atomic E-state index is 13.5. The first kappa shape index (κ1) is 18.0. The fourth-order valence-electron chi connectivity index (χ4n) is 4.03. The molecule has 7 nitrogen and oxygen atoms in total. The van der Waals surface area contributed by atoms with Crippen LogP contribution in [-0.4, -0.2) is 56.7 Å². The third-order valence-corrected chi connectivity index (χ3v) is 5.36. The lowest BCUT2D eigenvalue weighted by Crippen LogP contribution is -2.59. The molecule has 1 unspecified atom stereocenters. The maximum Gasteiger partial charge on any atom is 0.149 e. The number of hydrogen-bond acceptors (Lipinski definition) is 7. The van der Waals surface area contributed by atoms with E-state index in [9.17, 15) is 4.39 Å². The van der Waals surface area contributed by atoms with Crippen molar-refractivity contribution in [2.24, 2.45) is 4.99 Å². The summed E-state index contributed by atoms with van der Waals surface area (Å²) >= 11 is 0. The third kappa shape index (κ3) is 3.30. The molecule has 2 aromatic rings. The van der Waals surface area contributed by atoms with Crippen molar-refractivity contribution >= 4 is 5.71 Å². The smallest absolute Gasteiger partial charge is 0.149 e. The molecule has 29 heavy (non-hydrogen) atoms. The number of benzene rings is 1. The van der Waals surface area contributed by atoms with Gasteiger partial charge in [-0.3, -0.25) is 0 Å². The second-order valence-corrected chi connectivity index (χ2v) is 7.38. The SMILES string of the molecule is C[C@@H]1CN(N2C=CC=C3N=C(c4ccc(F)cc4)C(c4ccnnc4)N32)CCN1. The molecule has 148 valence electrons. The highest BCUT2D eigenvalue weighted by atomic mass is 19.1. The van der Waals surface area contributed by atoms with E-state index in [1.807, 2.05) is 18.2 Å². The lowest BCUT2D eigenvalue weighted by atomic mass is 9.98. The minimum absolute atomic E-state index is 0.183. The number of aromatic nitrogens is 2. The number of nitrogens with zero attached hydrogens (tertiary/aromatic N) is 6. The largest absolute Gasteiger partial charge is 0.312 e. The van der Waals surface area contributed by atoms with Gasteiger partial charge >= 0.3 is 0 Å². The summed E-state index contributed by atoms with van der Waals surface area (Å²) in [7, 11) is 0. The zero-order chi connectivity index (χ0) is 19.8. The number of nitrogens with one attached hydrogen (secondary N) is 1. The highest BCUT2D eigenvalue weighted by molar-refractivity contribution is 6.06. The zero-order valence-electron chi connectivity index (χ0n) is 16.1. The number of halogens is 1. The van der Waals surface area contributed by atoms with Gasteiger partial charge in [-0.25, -0.2) is 19.5 Å². The molecule has 1 aromatic heterocycles. The van der Waals surface area contributed by atoms with E-state index in [2.05, 4.69) is 43.8 Å². The van der Waals surface area contributed by atoms with E-state index in [0.717, 1.165) is 42.3 Å². The molecule has 1 N–H and O–H groups in total. The van der Waals surface area contributed by atoms with Gasteiger partial charge in [-0.15, -0.1) is 0 Å². The molecule has 2 atom stereocenters. The van der Waals surface area contributed by atoms with Crippen molar-refractivity contribution in [1.29, 1.82) is 0 Å². The molecule has 8 heteroatoms. The number of aliphatic imine (C=N–C) groups is 1. The molecule has 4 heterocycles. The van der Waals surface area contributed by atoms with Gasteiger partial charge in [0, 0.05) is 43.6 Å². The number of piperazine rings is 1. The van der Waals surface area contributed by atoms with Crippen LogP contribution < -0.4 is 5.32 Å². The Balaban J connectivity index is 1.57. The summed E-state index contributed by atoms with van der Waals surface area (Å²) in [5.74, 6) is 0.587. The number of hydrogen-bond donors (Lipinski definition) is 1. The van der Waals surface area contributed by atoms with Gasteiger partial charge in [0.2, 0.25) is 0 Å². The fourth-order valence-corrected chi connectivity index (χ4v) is 4.03. The molecule has 0 bridgehead atoms. The van der Waals surface area contributed by atoms with Crippen molar-refractivity contribution in [1.82, 2.24) is 30.6 Å². The van der Waals surface area contributed by atoms with Gasteiger partial charge in [0.1, 0.15) is 17.7 Å². The Bertz CT molecular complexity index is 970. The van der Waals surface area contributed by atoms with E-state index in [0.29, 0.717) is 6.04 Å². The lowest BCUT2D eigenvalue weighted by Gasteiger charge is -2.47. The normalized spacial score (nSPS) is 24.3. The van der Waals surface area contributed by atoms with E-state index in [-0.39, 0.29) is 11.9 Å². The third-order valence-electron chi connectivity index (χ3n) is 5.36. The van der Waals surface area contributed by atoms with Gasteiger partial charge in [-0.2, -0.15) is 15.2 Å². The van der Waals surface area contributed by atoms with Crippen LogP contribution in [0.2, 0.25) is 0 Å². The van der Waals surface area contributed by atoms with E-state index in [4.69, 9.17) is 4.99 Å². The summed E-state index contributed by atoms with van der Waals surface area (Å²) in [6, 6.07) is 8.67. The quantitative estimate of drug-likeness (QED) is 0.866. The molecule has 0 radical (unpaired) electrons. The predicted octanol–water partition coefficient (Wildman–Crippen LogP) is 2.26. The topological polar surface area (TPSA) is 59.9 Å². The lowest BCUT2D eigenvalue weighted by molar-refractivity contribution is -0.146. The Kier molecular flexibility index (Phi) is 4.57. The Labute approximate surface area is 168 Å². The van der Waals surface area contributed by atoms with Gasteiger partial charge in [-0.1, -0.05) is 12.1 Å². The van der Waals surface area contributed by atoms with E-state index in [1.54, 1.807) is 24.5 Å². The molecule has 1 aromatic carbocycles. The first-order valence-electron chi connectivity index (χ1n) is 9.77. The zero-order valence-corrected chi connectivity index (χ0v) is 16.1. The summed E-state index contributed by atoms with van der Waals surface area (Å²) in [5.41, 5.74) is 2.73. The monoisotopic (exact) mass is 391 g/mol. The Hall–Kier alpha value is -3.10. The number of hydrazine groups is 2. The average Bonchev–Trinajstić information content (AvgIpc) is 3.14. The minimum Gasteiger partial charge on any atom is -0.312 e. The molecule has 0 amide bonds. The average molecular weight is 391 g/mol.